The van der Waals surface area contributed by atoms with E-state index >= 15 is 0 Å². The van der Waals surface area contributed by atoms with Gasteiger partial charge in [-0.25, -0.2) is 8.78 Å². The Kier molecular flexibility index (Phi) is 4.85. The maximum atomic E-state index is 13.0. The summed E-state index contributed by atoms with van der Waals surface area (Å²) >= 11 is 0. The monoisotopic (exact) mass is 276 g/mol. The molecule has 2 aromatic rings. The van der Waals surface area contributed by atoms with E-state index in [0.29, 0.717) is 11.3 Å². The molecule has 104 valence electrons. The zero-order valence-corrected chi connectivity index (χ0v) is 11.0. The summed E-state index contributed by atoms with van der Waals surface area (Å²) in [4.78, 5) is 0. The lowest BCUT2D eigenvalue weighted by Gasteiger charge is -2.04. The van der Waals surface area contributed by atoms with Crippen LogP contribution in [0.15, 0.2) is 42.5 Å². The SMILES string of the molecule is COCOc1ccc(/C=C/c2cc(F)cc(F)c2)cc1. The largest absolute Gasteiger partial charge is 0.468 e. The fourth-order valence-corrected chi connectivity index (χ4v) is 1.67. The second kappa shape index (κ2) is 6.82. The summed E-state index contributed by atoms with van der Waals surface area (Å²) in [6.45, 7) is 0.192. The molecule has 0 aliphatic heterocycles. The Hall–Kier alpha value is -2.20. The van der Waals surface area contributed by atoms with Crippen LogP contribution >= 0.6 is 0 Å². The van der Waals surface area contributed by atoms with Gasteiger partial charge in [0.2, 0.25) is 0 Å². The van der Waals surface area contributed by atoms with Crippen molar-refractivity contribution in [2.24, 2.45) is 0 Å². The van der Waals surface area contributed by atoms with Crippen LogP contribution < -0.4 is 4.74 Å². The van der Waals surface area contributed by atoms with Gasteiger partial charge in [0, 0.05) is 13.2 Å². The standard InChI is InChI=1S/C16H14F2O2/c1-19-11-20-16-6-4-12(5-7-16)2-3-13-8-14(17)10-15(18)9-13/h2-10H,11H2,1H3/b3-2+. The molecule has 0 unspecified atom stereocenters. The van der Waals surface area contributed by atoms with Gasteiger partial charge in [-0.05, 0) is 35.4 Å². The lowest BCUT2D eigenvalue weighted by molar-refractivity contribution is 0.0511. The van der Waals surface area contributed by atoms with Crippen LogP contribution in [0.2, 0.25) is 0 Å². The van der Waals surface area contributed by atoms with Crippen molar-refractivity contribution in [2.75, 3.05) is 13.9 Å². The van der Waals surface area contributed by atoms with Crippen LogP contribution in [0.4, 0.5) is 8.78 Å². The number of hydrogen-bond donors (Lipinski definition) is 0. The average Bonchev–Trinajstić information content (AvgIpc) is 2.43. The molecule has 0 radical (unpaired) electrons. The number of ether oxygens (including phenoxy) is 2. The van der Waals surface area contributed by atoms with Crippen molar-refractivity contribution in [2.45, 2.75) is 0 Å². The lowest BCUT2D eigenvalue weighted by atomic mass is 10.1. The molecule has 0 aliphatic carbocycles. The quantitative estimate of drug-likeness (QED) is 0.604. The Morgan fingerprint density at radius 3 is 2.10 bits per heavy atom. The van der Waals surface area contributed by atoms with E-state index in [1.807, 2.05) is 12.1 Å². The molecule has 0 N–H and O–H groups in total. The Balaban J connectivity index is 2.07. The molecule has 0 aliphatic rings. The molecule has 0 saturated heterocycles. The van der Waals surface area contributed by atoms with Gasteiger partial charge in [0.15, 0.2) is 6.79 Å². The first-order chi connectivity index (χ1) is 9.67. The Labute approximate surface area is 116 Å². The third kappa shape index (κ3) is 4.17. The van der Waals surface area contributed by atoms with Gasteiger partial charge < -0.3 is 9.47 Å². The van der Waals surface area contributed by atoms with E-state index in [9.17, 15) is 8.78 Å². The first-order valence-corrected chi connectivity index (χ1v) is 6.03. The van der Waals surface area contributed by atoms with Crippen LogP contribution in [-0.2, 0) is 4.74 Å². The highest BCUT2D eigenvalue weighted by Gasteiger charge is 1.98. The maximum Gasteiger partial charge on any atom is 0.188 e. The maximum absolute atomic E-state index is 13.0. The number of halogens is 2. The fraction of sp³-hybridized carbons (Fsp3) is 0.125. The smallest absolute Gasteiger partial charge is 0.188 e. The topological polar surface area (TPSA) is 18.5 Å². The minimum absolute atomic E-state index is 0.192. The summed E-state index contributed by atoms with van der Waals surface area (Å²) in [5.74, 6) is -0.485. The highest BCUT2D eigenvalue weighted by atomic mass is 19.1. The molecular formula is C16H14F2O2. The summed E-state index contributed by atoms with van der Waals surface area (Å²) in [6, 6.07) is 10.7. The molecule has 4 heteroatoms. The van der Waals surface area contributed by atoms with Crippen LogP contribution in [0.3, 0.4) is 0 Å². The zero-order valence-electron chi connectivity index (χ0n) is 11.0. The molecule has 2 nitrogen and oxygen atoms in total. The minimum Gasteiger partial charge on any atom is -0.468 e. The summed E-state index contributed by atoms with van der Waals surface area (Å²) in [5, 5.41) is 0. The van der Waals surface area contributed by atoms with Crippen molar-refractivity contribution < 1.29 is 18.3 Å². The third-order valence-corrected chi connectivity index (χ3v) is 2.58. The third-order valence-electron chi connectivity index (χ3n) is 2.58. The summed E-state index contributed by atoms with van der Waals surface area (Å²) < 4.78 is 36.1. The lowest BCUT2D eigenvalue weighted by Crippen LogP contribution is -1.98. The van der Waals surface area contributed by atoms with Crippen molar-refractivity contribution in [1.82, 2.24) is 0 Å². The average molecular weight is 276 g/mol. The zero-order chi connectivity index (χ0) is 14.4. The molecule has 0 amide bonds. The van der Waals surface area contributed by atoms with Crippen molar-refractivity contribution >= 4 is 12.2 Å². The molecule has 2 rings (SSSR count). The van der Waals surface area contributed by atoms with Crippen LogP contribution in [0.5, 0.6) is 5.75 Å². The van der Waals surface area contributed by atoms with Crippen molar-refractivity contribution in [3.8, 4) is 5.75 Å². The molecule has 0 bridgehead atoms. The number of benzene rings is 2. The first-order valence-electron chi connectivity index (χ1n) is 6.03. The van der Waals surface area contributed by atoms with Gasteiger partial charge in [-0.15, -0.1) is 0 Å². The Morgan fingerprint density at radius 1 is 0.900 bits per heavy atom. The molecule has 0 aromatic heterocycles. The molecule has 0 heterocycles. The van der Waals surface area contributed by atoms with Crippen molar-refractivity contribution in [1.29, 1.82) is 0 Å². The fourth-order valence-electron chi connectivity index (χ4n) is 1.67. The van der Waals surface area contributed by atoms with E-state index in [1.54, 1.807) is 31.4 Å². The molecular weight excluding hydrogens is 262 g/mol. The predicted molar refractivity (Wildman–Crippen MR) is 74.2 cm³/mol. The Bertz CT molecular complexity index is 572. The van der Waals surface area contributed by atoms with E-state index in [4.69, 9.17) is 9.47 Å². The normalized spacial score (nSPS) is 10.9. The van der Waals surface area contributed by atoms with E-state index in [2.05, 4.69) is 0 Å². The number of methoxy groups -OCH3 is 1. The van der Waals surface area contributed by atoms with Gasteiger partial charge in [-0.2, -0.15) is 0 Å². The molecule has 0 atom stereocenters. The van der Waals surface area contributed by atoms with Crippen LogP contribution in [-0.4, -0.2) is 13.9 Å². The minimum atomic E-state index is -0.590. The van der Waals surface area contributed by atoms with E-state index in [-0.39, 0.29) is 6.79 Å². The number of hydrogen-bond acceptors (Lipinski definition) is 2. The van der Waals surface area contributed by atoms with Gasteiger partial charge in [0.05, 0.1) is 0 Å². The first kappa shape index (κ1) is 14.2. The van der Waals surface area contributed by atoms with Gasteiger partial charge in [-0.1, -0.05) is 24.3 Å². The second-order valence-electron chi connectivity index (χ2n) is 4.16. The van der Waals surface area contributed by atoms with Gasteiger partial charge >= 0.3 is 0 Å². The van der Waals surface area contributed by atoms with Crippen LogP contribution in [0.1, 0.15) is 11.1 Å². The van der Waals surface area contributed by atoms with Crippen LogP contribution in [0, 0.1) is 11.6 Å². The molecule has 0 fully saturated rings. The molecule has 20 heavy (non-hydrogen) atoms. The highest BCUT2D eigenvalue weighted by Crippen LogP contribution is 2.15. The highest BCUT2D eigenvalue weighted by molar-refractivity contribution is 5.69. The molecule has 2 aromatic carbocycles. The number of rotatable bonds is 5. The summed E-state index contributed by atoms with van der Waals surface area (Å²) in [7, 11) is 1.55. The van der Waals surface area contributed by atoms with Crippen molar-refractivity contribution in [3.05, 3.63) is 65.2 Å². The molecule has 0 spiro atoms. The van der Waals surface area contributed by atoms with Gasteiger partial charge in [-0.3, -0.25) is 0 Å². The summed E-state index contributed by atoms with van der Waals surface area (Å²) in [6.07, 6.45) is 3.42. The van der Waals surface area contributed by atoms with E-state index in [1.165, 1.54) is 12.1 Å². The second-order valence-corrected chi connectivity index (χ2v) is 4.16. The predicted octanol–water partition coefficient (Wildman–Crippen LogP) is 4.12. The van der Waals surface area contributed by atoms with E-state index in [0.717, 1.165) is 11.6 Å². The Morgan fingerprint density at radius 2 is 1.50 bits per heavy atom. The molecule has 0 saturated carbocycles. The van der Waals surface area contributed by atoms with Gasteiger partial charge in [0.1, 0.15) is 17.4 Å². The van der Waals surface area contributed by atoms with Crippen molar-refractivity contribution in [3.63, 3.8) is 0 Å². The van der Waals surface area contributed by atoms with Crippen LogP contribution in [0.25, 0.3) is 12.2 Å². The summed E-state index contributed by atoms with van der Waals surface area (Å²) in [5.41, 5.74) is 1.38. The van der Waals surface area contributed by atoms with Gasteiger partial charge in [0.25, 0.3) is 0 Å². The van der Waals surface area contributed by atoms with E-state index < -0.39 is 11.6 Å².